The number of pyridine rings is 1. The fraction of sp³-hybridized carbons (Fsp3) is 0.167. The van der Waals surface area contributed by atoms with Gasteiger partial charge in [0.1, 0.15) is 18.2 Å². The third kappa shape index (κ3) is 2.37. The molecule has 0 fully saturated rings. The molecule has 0 aromatic carbocycles. The number of nitrogens with zero attached hydrogens (tertiary/aromatic N) is 4. The van der Waals surface area contributed by atoms with E-state index in [1.54, 1.807) is 12.4 Å². The van der Waals surface area contributed by atoms with Crippen molar-refractivity contribution in [1.82, 2.24) is 15.0 Å². The molecule has 0 unspecified atom stereocenters. The molecule has 0 saturated heterocycles. The second kappa shape index (κ2) is 4.58. The predicted molar refractivity (Wildman–Crippen MR) is 63.7 cm³/mol. The van der Waals surface area contributed by atoms with E-state index < -0.39 is 0 Å². The molecule has 2 aromatic heterocycles. The fourth-order valence-corrected chi connectivity index (χ4v) is 1.57. The van der Waals surface area contributed by atoms with Crippen LogP contribution in [0.4, 0.5) is 11.5 Å². The third-order valence-corrected chi connectivity index (χ3v) is 2.28. The van der Waals surface area contributed by atoms with Gasteiger partial charge in [0.05, 0.1) is 23.6 Å². The Morgan fingerprint density at radius 3 is 2.59 bits per heavy atom. The first-order valence-electron chi connectivity index (χ1n) is 5.11. The number of hydrogen-bond donors (Lipinski definition) is 1. The minimum Gasteiger partial charge on any atom is -0.337 e. The summed E-state index contributed by atoms with van der Waals surface area (Å²) in [7, 11) is 0. The Morgan fingerprint density at radius 1 is 1.24 bits per heavy atom. The Morgan fingerprint density at radius 2 is 1.94 bits per heavy atom. The molecule has 0 saturated carbocycles. The van der Waals surface area contributed by atoms with Crippen molar-refractivity contribution in [2.45, 2.75) is 13.8 Å². The minimum absolute atomic E-state index is 0.541. The normalized spacial score (nSPS) is 9.71. The summed E-state index contributed by atoms with van der Waals surface area (Å²) in [5.74, 6) is 0.541. The molecule has 5 nitrogen and oxygen atoms in total. The maximum absolute atomic E-state index is 9.11. The minimum atomic E-state index is 0.541. The molecule has 84 valence electrons. The average molecular weight is 225 g/mol. The van der Waals surface area contributed by atoms with Gasteiger partial charge >= 0.3 is 0 Å². The van der Waals surface area contributed by atoms with Crippen LogP contribution >= 0.6 is 0 Å². The Hall–Kier alpha value is -2.48. The number of hydrogen-bond acceptors (Lipinski definition) is 5. The summed E-state index contributed by atoms with van der Waals surface area (Å²) in [6.07, 6.45) is 4.71. The molecule has 0 aliphatic carbocycles. The number of nitrogens with one attached hydrogen (secondary N) is 1. The van der Waals surface area contributed by atoms with Crippen LogP contribution < -0.4 is 5.32 Å². The highest BCUT2D eigenvalue weighted by molar-refractivity contribution is 5.63. The van der Waals surface area contributed by atoms with Crippen molar-refractivity contribution in [3.05, 3.63) is 41.6 Å². The van der Waals surface area contributed by atoms with Crippen LogP contribution in [0.3, 0.4) is 0 Å². The van der Waals surface area contributed by atoms with Crippen LogP contribution in [-0.4, -0.2) is 15.0 Å². The SMILES string of the molecule is Cc1cc(C)c(C#N)c(Nc2cncnc2)n1. The van der Waals surface area contributed by atoms with E-state index in [1.165, 1.54) is 6.33 Å². The lowest BCUT2D eigenvalue weighted by atomic mass is 10.1. The summed E-state index contributed by atoms with van der Waals surface area (Å²) in [4.78, 5) is 12.1. The van der Waals surface area contributed by atoms with Gasteiger partial charge in [0, 0.05) is 5.69 Å². The first-order chi connectivity index (χ1) is 8.20. The van der Waals surface area contributed by atoms with E-state index in [4.69, 9.17) is 5.26 Å². The molecular weight excluding hydrogens is 214 g/mol. The predicted octanol–water partition coefficient (Wildman–Crippen LogP) is 2.10. The molecule has 1 N–H and O–H groups in total. The summed E-state index contributed by atoms with van der Waals surface area (Å²) < 4.78 is 0. The summed E-state index contributed by atoms with van der Waals surface area (Å²) in [6.45, 7) is 3.78. The van der Waals surface area contributed by atoms with Crippen LogP contribution in [0.15, 0.2) is 24.8 Å². The zero-order valence-corrected chi connectivity index (χ0v) is 9.60. The average Bonchev–Trinajstić information content (AvgIpc) is 2.30. The lowest BCUT2D eigenvalue weighted by Gasteiger charge is -2.09. The molecule has 2 rings (SSSR count). The van der Waals surface area contributed by atoms with Gasteiger partial charge in [0.2, 0.25) is 0 Å². The quantitative estimate of drug-likeness (QED) is 0.847. The van der Waals surface area contributed by atoms with Crippen molar-refractivity contribution in [2.75, 3.05) is 5.32 Å². The summed E-state index contributed by atoms with van der Waals surface area (Å²) in [5.41, 5.74) is 3.01. The van der Waals surface area contributed by atoms with E-state index >= 15 is 0 Å². The van der Waals surface area contributed by atoms with E-state index in [-0.39, 0.29) is 0 Å². The first-order valence-corrected chi connectivity index (χ1v) is 5.11. The van der Waals surface area contributed by atoms with E-state index in [2.05, 4.69) is 26.3 Å². The highest BCUT2D eigenvalue weighted by Gasteiger charge is 2.08. The molecular formula is C12H11N5. The Balaban J connectivity index is 2.43. The van der Waals surface area contributed by atoms with Gasteiger partial charge in [-0.15, -0.1) is 0 Å². The third-order valence-electron chi connectivity index (χ3n) is 2.28. The van der Waals surface area contributed by atoms with E-state index in [0.29, 0.717) is 17.1 Å². The highest BCUT2D eigenvalue weighted by Crippen LogP contribution is 2.20. The van der Waals surface area contributed by atoms with Crippen molar-refractivity contribution < 1.29 is 0 Å². The number of aromatic nitrogens is 3. The van der Waals surface area contributed by atoms with Gasteiger partial charge in [-0.05, 0) is 25.5 Å². The van der Waals surface area contributed by atoms with Crippen molar-refractivity contribution in [3.8, 4) is 6.07 Å². The molecule has 0 aliphatic rings. The van der Waals surface area contributed by atoms with Crippen molar-refractivity contribution >= 4 is 11.5 Å². The van der Waals surface area contributed by atoms with Gasteiger partial charge in [-0.2, -0.15) is 5.26 Å². The Kier molecular flexibility index (Phi) is 2.97. The van der Waals surface area contributed by atoms with Crippen LogP contribution in [-0.2, 0) is 0 Å². The van der Waals surface area contributed by atoms with Gasteiger partial charge < -0.3 is 5.32 Å². The van der Waals surface area contributed by atoms with Crippen LogP contribution in [0.2, 0.25) is 0 Å². The van der Waals surface area contributed by atoms with Crippen LogP contribution in [0.25, 0.3) is 0 Å². The fourth-order valence-electron chi connectivity index (χ4n) is 1.57. The summed E-state index contributed by atoms with van der Waals surface area (Å²) in [6, 6.07) is 4.03. The van der Waals surface area contributed by atoms with E-state index in [9.17, 15) is 0 Å². The zero-order valence-electron chi connectivity index (χ0n) is 9.60. The molecule has 2 heterocycles. The summed E-state index contributed by atoms with van der Waals surface area (Å²) >= 11 is 0. The lowest BCUT2D eigenvalue weighted by molar-refractivity contribution is 1.14. The maximum atomic E-state index is 9.11. The Bertz CT molecular complexity index is 571. The van der Waals surface area contributed by atoms with Crippen LogP contribution in [0.1, 0.15) is 16.8 Å². The Labute approximate surface area is 99.2 Å². The van der Waals surface area contributed by atoms with Gasteiger partial charge in [-0.25, -0.2) is 15.0 Å². The monoisotopic (exact) mass is 225 g/mol. The molecule has 2 aromatic rings. The lowest BCUT2D eigenvalue weighted by Crippen LogP contribution is -2.01. The van der Waals surface area contributed by atoms with Crippen molar-refractivity contribution in [1.29, 1.82) is 5.26 Å². The molecule has 0 spiro atoms. The van der Waals surface area contributed by atoms with E-state index in [1.807, 2.05) is 19.9 Å². The number of nitriles is 1. The molecule has 0 aliphatic heterocycles. The zero-order chi connectivity index (χ0) is 12.3. The smallest absolute Gasteiger partial charge is 0.148 e. The first kappa shape index (κ1) is 11.0. The van der Waals surface area contributed by atoms with Crippen molar-refractivity contribution in [3.63, 3.8) is 0 Å². The van der Waals surface area contributed by atoms with Gasteiger partial charge in [0.25, 0.3) is 0 Å². The summed E-state index contributed by atoms with van der Waals surface area (Å²) in [5, 5.41) is 12.2. The van der Waals surface area contributed by atoms with E-state index in [0.717, 1.165) is 11.3 Å². The number of rotatable bonds is 2. The van der Waals surface area contributed by atoms with Crippen molar-refractivity contribution in [2.24, 2.45) is 0 Å². The van der Waals surface area contributed by atoms with Crippen LogP contribution in [0.5, 0.6) is 0 Å². The largest absolute Gasteiger partial charge is 0.337 e. The molecule has 0 amide bonds. The van der Waals surface area contributed by atoms with Gasteiger partial charge in [-0.1, -0.05) is 0 Å². The number of anilines is 2. The topological polar surface area (TPSA) is 74.5 Å². The standard InChI is InChI=1S/C12H11N5/c1-8-3-9(2)16-12(11(8)4-13)17-10-5-14-7-15-6-10/h3,5-7H,1-2H3,(H,16,17). The second-order valence-electron chi connectivity index (χ2n) is 3.67. The molecule has 5 heteroatoms. The highest BCUT2D eigenvalue weighted by atomic mass is 15.0. The van der Waals surface area contributed by atoms with Crippen LogP contribution in [0, 0.1) is 25.2 Å². The van der Waals surface area contributed by atoms with Gasteiger partial charge in [-0.3, -0.25) is 0 Å². The maximum Gasteiger partial charge on any atom is 0.148 e. The molecule has 0 radical (unpaired) electrons. The number of aryl methyl sites for hydroxylation is 2. The molecule has 17 heavy (non-hydrogen) atoms. The second-order valence-corrected chi connectivity index (χ2v) is 3.67. The molecule has 0 atom stereocenters. The molecule has 0 bridgehead atoms. The van der Waals surface area contributed by atoms with Gasteiger partial charge in [0.15, 0.2) is 0 Å².